The normalized spacial score (nSPS) is 16.7. The van der Waals surface area contributed by atoms with Gasteiger partial charge in [0.2, 0.25) is 0 Å². The number of halogens is 3. The van der Waals surface area contributed by atoms with E-state index in [0.29, 0.717) is 73.3 Å². The highest BCUT2D eigenvalue weighted by Crippen LogP contribution is 2.44. The first-order chi connectivity index (χ1) is 22.5. The molecule has 12 nitrogen and oxygen atoms in total. The van der Waals surface area contributed by atoms with Crippen LogP contribution in [0.4, 0.5) is 24.7 Å². The number of alkyl halides is 3. The SMILES string of the molecule is CCOc1c(-c2cc(N(C)CC3(COC)CCC3)c3[nH]c(-c4cnc(N5CCC(C(=O)O)CC5)cn4)nc3n2)ccnc1C(F)(F)F. The predicted octanol–water partition coefficient (Wildman–Crippen LogP) is 5.45. The van der Waals surface area contributed by atoms with Crippen molar-refractivity contribution in [2.75, 3.05) is 56.8 Å². The lowest BCUT2D eigenvalue weighted by Crippen LogP contribution is -2.44. The molecule has 1 aliphatic carbocycles. The van der Waals surface area contributed by atoms with Gasteiger partial charge in [0.25, 0.3) is 0 Å². The summed E-state index contributed by atoms with van der Waals surface area (Å²) in [6.07, 6.45) is 3.78. The molecule has 0 unspecified atom stereocenters. The van der Waals surface area contributed by atoms with E-state index in [1.54, 1.807) is 32.5 Å². The van der Waals surface area contributed by atoms with E-state index in [4.69, 9.17) is 19.4 Å². The Labute approximate surface area is 269 Å². The number of imidazole rings is 1. The number of hydrogen-bond acceptors (Lipinski definition) is 10. The van der Waals surface area contributed by atoms with Crippen LogP contribution in [0.1, 0.15) is 44.7 Å². The van der Waals surface area contributed by atoms with E-state index in [0.717, 1.165) is 25.5 Å². The van der Waals surface area contributed by atoms with E-state index in [1.165, 1.54) is 6.07 Å². The lowest BCUT2D eigenvalue weighted by Gasteiger charge is -2.44. The van der Waals surface area contributed by atoms with Crippen LogP contribution in [0.5, 0.6) is 5.75 Å². The van der Waals surface area contributed by atoms with Crippen LogP contribution in [0.2, 0.25) is 0 Å². The van der Waals surface area contributed by atoms with E-state index in [2.05, 4.69) is 24.8 Å². The molecular formula is C32H37F3N8O4. The number of H-pyrrole nitrogens is 1. The fourth-order valence-electron chi connectivity index (χ4n) is 6.56. The van der Waals surface area contributed by atoms with E-state index >= 15 is 0 Å². The molecule has 0 bridgehead atoms. The fraction of sp³-hybridized carbons (Fsp3) is 0.500. The number of hydrogen-bond donors (Lipinski definition) is 2. The number of pyridine rings is 2. The molecule has 47 heavy (non-hydrogen) atoms. The lowest BCUT2D eigenvalue weighted by atomic mass is 9.69. The maximum Gasteiger partial charge on any atom is 0.437 e. The van der Waals surface area contributed by atoms with Crippen LogP contribution in [0.25, 0.3) is 33.9 Å². The summed E-state index contributed by atoms with van der Waals surface area (Å²) in [5, 5.41) is 9.31. The molecule has 5 heterocycles. The Kier molecular flexibility index (Phi) is 8.92. The van der Waals surface area contributed by atoms with Gasteiger partial charge in [0.1, 0.15) is 17.0 Å². The Bertz CT molecular complexity index is 1730. The molecule has 0 spiro atoms. The molecule has 4 aromatic heterocycles. The molecule has 6 rings (SSSR count). The molecule has 2 fully saturated rings. The van der Waals surface area contributed by atoms with Gasteiger partial charge in [0, 0.05) is 51.0 Å². The van der Waals surface area contributed by atoms with Gasteiger partial charge in [0.05, 0.1) is 42.9 Å². The minimum atomic E-state index is -4.72. The Morgan fingerprint density at radius 3 is 2.51 bits per heavy atom. The molecule has 2 aliphatic rings. The van der Waals surface area contributed by atoms with Crippen LogP contribution in [0, 0.1) is 11.3 Å². The van der Waals surface area contributed by atoms with Crippen LogP contribution < -0.4 is 14.5 Å². The van der Waals surface area contributed by atoms with Crippen molar-refractivity contribution in [3.05, 3.63) is 36.4 Å². The highest BCUT2D eigenvalue weighted by Gasteiger charge is 2.40. The lowest BCUT2D eigenvalue weighted by molar-refractivity contribution is -0.143. The van der Waals surface area contributed by atoms with Gasteiger partial charge in [-0.2, -0.15) is 13.2 Å². The maximum absolute atomic E-state index is 14.0. The number of carboxylic acids is 1. The van der Waals surface area contributed by atoms with Crippen molar-refractivity contribution >= 4 is 28.6 Å². The standard InChI is InChI=1S/C32H37F3N8O4/c1-4-47-26-20(6-11-36-27(26)32(33,34)35)21-14-23(42(2)17-31(18-46-3)9-5-10-31)25-29(39-21)41-28(40-25)22-15-38-24(16-37-22)43-12-7-19(8-13-43)30(44)45/h6,11,14-16,19H,4-5,7-10,12-13,17-18H2,1-3H3,(H,44,45)(H,39,40,41). The van der Waals surface area contributed by atoms with E-state index < -0.39 is 17.8 Å². The van der Waals surface area contributed by atoms with Crippen molar-refractivity contribution in [3.8, 4) is 28.5 Å². The van der Waals surface area contributed by atoms with Gasteiger partial charge in [-0.05, 0) is 44.7 Å². The van der Waals surface area contributed by atoms with Crippen molar-refractivity contribution < 1.29 is 32.5 Å². The Morgan fingerprint density at radius 2 is 1.91 bits per heavy atom. The maximum atomic E-state index is 14.0. The number of aromatic nitrogens is 6. The van der Waals surface area contributed by atoms with Crippen LogP contribution in [-0.2, 0) is 15.7 Å². The number of rotatable bonds is 11. The first kappa shape index (κ1) is 32.4. The number of aromatic amines is 1. The number of carboxylic acid groups (broad SMARTS) is 1. The van der Waals surface area contributed by atoms with Crippen molar-refractivity contribution in [2.45, 2.75) is 45.2 Å². The van der Waals surface area contributed by atoms with Crippen LogP contribution in [-0.4, -0.2) is 88.0 Å². The Balaban J connectivity index is 1.40. The third kappa shape index (κ3) is 6.53. The highest BCUT2D eigenvalue weighted by molar-refractivity contribution is 5.91. The highest BCUT2D eigenvalue weighted by atomic mass is 19.4. The molecule has 0 atom stereocenters. The second kappa shape index (κ2) is 12.9. The van der Waals surface area contributed by atoms with Gasteiger partial charge >= 0.3 is 12.1 Å². The van der Waals surface area contributed by atoms with E-state index in [1.807, 2.05) is 11.9 Å². The summed E-state index contributed by atoms with van der Waals surface area (Å²) in [6.45, 7) is 4.01. The number of anilines is 2. The summed E-state index contributed by atoms with van der Waals surface area (Å²) in [5.74, 6) is -0.487. The molecule has 15 heteroatoms. The number of nitrogens with zero attached hydrogens (tertiary/aromatic N) is 7. The van der Waals surface area contributed by atoms with E-state index in [9.17, 15) is 23.1 Å². The number of piperidine rings is 1. The predicted molar refractivity (Wildman–Crippen MR) is 168 cm³/mol. The Morgan fingerprint density at radius 1 is 1.15 bits per heavy atom. The van der Waals surface area contributed by atoms with Gasteiger partial charge in [-0.15, -0.1) is 0 Å². The second-order valence-electron chi connectivity index (χ2n) is 12.3. The van der Waals surface area contributed by atoms with Crippen LogP contribution in [0.3, 0.4) is 0 Å². The van der Waals surface area contributed by atoms with Crippen molar-refractivity contribution in [2.24, 2.45) is 11.3 Å². The molecule has 2 N–H and O–H groups in total. The third-order valence-electron chi connectivity index (χ3n) is 9.08. The number of methoxy groups -OCH3 is 1. The smallest absolute Gasteiger partial charge is 0.437 e. The molecule has 0 amide bonds. The largest absolute Gasteiger partial charge is 0.491 e. The zero-order valence-corrected chi connectivity index (χ0v) is 26.5. The number of ether oxygens (including phenoxy) is 2. The number of fused-ring (bicyclic) bond motifs is 1. The number of nitrogens with one attached hydrogen (secondary N) is 1. The average molecular weight is 655 g/mol. The summed E-state index contributed by atoms with van der Waals surface area (Å²) in [5.41, 5.74) is 1.30. The molecule has 0 aromatic carbocycles. The zero-order chi connectivity index (χ0) is 33.3. The van der Waals surface area contributed by atoms with Gasteiger partial charge in [-0.1, -0.05) is 6.42 Å². The molecule has 250 valence electrons. The number of carbonyl (C=O) groups is 1. The molecule has 0 radical (unpaired) electrons. The molecular weight excluding hydrogens is 617 g/mol. The number of aliphatic carboxylic acids is 1. The third-order valence-corrected chi connectivity index (χ3v) is 9.08. The zero-order valence-electron chi connectivity index (χ0n) is 26.5. The van der Waals surface area contributed by atoms with Crippen LogP contribution in [0.15, 0.2) is 30.7 Å². The van der Waals surface area contributed by atoms with Crippen molar-refractivity contribution in [1.82, 2.24) is 29.9 Å². The first-order valence-corrected chi connectivity index (χ1v) is 15.6. The summed E-state index contributed by atoms with van der Waals surface area (Å²) >= 11 is 0. The average Bonchev–Trinajstić information content (AvgIpc) is 3.47. The second-order valence-corrected chi connectivity index (χ2v) is 12.3. The fourth-order valence-corrected chi connectivity index (χ4v) is 6.56. The first-order valence-electron chi connectivity index (χ1n) is 15.6. The summed E-state index contributed by atoms with van der Waals surface area (Å²) < 4.78 is 53.0. The van der Waals surface area contributed by atoms with E-state index in [-0.39, 0.29) is 34.9 Å². The van der Waals surface area contributed by atoms with Gasteiger partial charge in [-0.25, -0.2) is 24.9 Å². The molecule has 4 aromatic rings. The van der Waals surface area contributed by atoms with Gasteiger partial charge in [0.15, 0.2) is 22.9 Å². The molecule has 1 saturated carbocycles. The van der Waals surface area contributed by atoms with Gasteiger partial charge < -0.3 is 29.4 Å². The minimum Gasteiger partial charge on any atom is -0.491 e. The van der Waals surface area contributed by atoms with Crippen molar-refractivity contribution in [3.63, 3.8) is 0 Å². The van der Waals surface area contributed by atoms with Crippen molar-refractivity contribution in [1.29, 1.82) is 0 Å². The summed E-state index contributed by atoms with van der Waals surface area (Å²) in [6, 6.07) is 3.21. The minimum absolute atomic E-state index is 0.00903. The van der Waals surface area contributed by atoms with Gasteiger partial charge in [-0.3, -0.25) is 4.79 Å². The summed E-state index contributed by atoms with van der Waals surface area (Å²) in [4.78, 5) is 40.9. The molecule has 1 aliphatic heterocycles. The van der Waals surface area contributed by atoms with Crippen LogP contribution >= 0.6 is 0 Å². The topological polar surface area (TPSA) is 142 Å². The quantitative estimate of drug-likeness (QED) is 0.213. The monoisotopic (exact) mass is 654 g/mol. The molecule has 1 saturated heterocycles. The Hall–Kier alpha value is -4.53. The summed E-state index contributed by atoms with van der Waals surface area (Å²) in [7, 11) is 3.62.